The molecular weight excluding hydrogens is 223 g/mol. The van der Waals surface area contributed by atoms with E-state index in [0.717, 1.165) is 0 Å². The predicted molar refractivity (Wildman–Crippen MR) is 60.2 cm³/mol. The number of aliphatic hydroxyl groups excluding tert-OH is 1. The molecule has 1 aromatic rings. The van der Waals surface area contributed by atoms with Crippen LogP contribution in [0, 0.1) is 17.1 Å². The number of benzene rings is 1. The summed E-state index contributed by atoms with van der Waals surface area (Å²) >= 11 is 0. The maximum absolute atomic E-state index is 13.3. The van der Waals surface area contributed by atoms with Crippen LogP contribution in [0.5, 0.6) is 0 Å². The van der Waals surface area contributed by atoms with Crippen molar-refractivity contribution < 1.29 is 14.2 Å². The van der Waals surface area contributed by atoms with Gasteiger partial charge in [-0.15, -0.1) is 0 Å². The van der Waals surface area contributed by atoms with E-state index in [-0.39, 0.29) is 12.7 Å². The number of hydrogen-bond acceptors (Lipinski definition) is 4. The minimum Gasteiger partial charge on any atom is -0.394 e. The van der Waals surface area contributed by atoms with E-state index in [1.165, 1.54) is 12.1 Å². The van der Waals surface area contributed by atoms with Gasteiger partial charge in [-0.1, -0.05) is 0 Å². The zero-order chi connectivity index (χ0) is 12.3. The zero-order valence-corrected chi connectivity index (χ0v) is 9.27. The third kappa shape index (κ3) is 2.73. The second-order valence-electron chi connectivity index (χ2n) is 3.93. The molecule has 1 aliphatic rings. The first kappa shape index (κ1) is 11.8. The highest BCUT2D eigenvalue weighted by Crippen LogP contribution is 2.20. The molecule has 1 atom stereocenters. The maximum atomic E-state index is 13.3. The van der Waals surface area contributed by atoms with Crippen molar-refractivity contribution in [3.8, 4) is 6.07 Å². The fraction of sp³-hybridized carbons (Fsp3) is 0.417. The number of nitrogens with zero attached hydrogens (tertiary/aromatic N) is 2. The van der Waals surface area contributed by atoms with E-state index in [1.54, 1.807) is 6.07 Å². The third-order valence-corrected chi connectivity index (χ3v) is 2.72. The van der Waals surface area contributed by atoms with Crippen molar-refractivity contribution in [1.29, 1.82) is 5.26 Å². The second kappa shape index (κ2) is 5.13. The van der Waals surface area contributed by atoms with Crippen molar-refractivity contribution >= 4 is 5.69 Å². The van der Waals surface area contributed by atoms with E-state index in [9.17, 15) is 4.39 Å². The molecule has 1 N–H and O–H groups in total. The monoisotopic (exact) mass is 236 g/mol. The number of ether oxygens (including phenoxy) is 1. The van der Waals surface area contributed by atoms with Crippen LogP contribution in [0.25, 0.3) is 0 Å². The normalized spacial score (nSPS) is 20.1. The summed E-state index contributed by atoms with van der Waals surface area (Å²) in [5.41, 5.74) is 0.954. The molecule has 1 aromatic carbocycles. The molecule has 1 aliphatic heterocycles. The largest absolute Gasteiger partial charge is 0.394 e. The van der Waals surface area contributed by atoms with E-state index in [2.05, 4.69) is 0 Å². The van der Waals surface area contributed by atoms with Crippen LogP contribution >= 0.6 is 0 Å². The van der Waals surface area contributed by atoms with Crippen LogP contribution in [0.2, 0.25) is 0 Å². The minimum absolute atomic E-state index is 0.0586. The van der Waals surface area contributed by atoms with E-state index in [4.69, 9.17) is 15.1 Å². The van der Waals surface area contributed by atoms with Gasteiger partial charge in [0.15, 0.2) is 0 Å². The van der Waals surface area contributed by atoms with Gasteiger partial charge in [0.2, 0.25) is 0 Å². The van der Waals surface area contributed by atoms with Gasteiger partial charge in [0.1, 0.15) is 5.82 Å². The van der Waals surface area contributed by atoms with Gasteiger partial charge in [-0.05, 0) is 18.2 Å². The van der Waals surface area contributed by atoms with Gasteiger partial charge in [-0.3, -0.25) is 0 Å². The summed E-state index contributed by atoms with van der Waals surface area (Å²) in [6.07, 6.45) is -0.252. The Morgan fingerprint density at radius 3 is 3.06 bits per heavy atom. The number of morpholine rings is 1. The molecule has 4 nitrogen and oxygen atoms in total. The Kier molecular flexibility index (Phi) is 3.57. The van der Waals surface area contributed by atoms with Crippen molar-refractivity contribution in [1.82, 2.24) is 0 Å². The molecule has 17 heavy (non-hydrogen) atoms. The predicted octanol–water partition coefficient (Wildman–Crippen LogP) is 0.895. The summed E-state index contributed by atoms with van der Waals surface area (Å²) < 4.78 is 18.6. The van der Waals surface area contributed by atoms with Crippen molar-refractivity contribution in [3.63, 3.8) is 0 Å². The SMILES string of the molecule is N#Cc1cc(F)cc(N2CCOC(CO)C2)c1. The molecule has 0 aromatic heterocycles. The number of aliphatic hydroxyl groups is 1. The Morgan fingerprint density at radius 1 is 1.53 bits per heavy atom. The Hall–Kier alpha value is -1.64. The number of rotatable bonds is 2. The smallest absolute Gasteiger partial charge is 0.126 e. The lowest BCUT2D eigenvalue weighted by Gasteiger charge is -2.33. The molecule has 0 bridgehead atoms. The molecule has 1 heterocycles. The van der Waals surface area contributed by atoms with Gasteiger partial charge < -0.3 is 14.7 Å². The molecule has 0 spiro atoms. The van der Waals surface area contributed by atoms with Gasteiger partial charge in [0.05, 0.1) is 31.0 Å². The van der Waals surface area contributed by atoms with Crippen molar-refractivity contribution in [2.24, 2.45) is 0 Å². The first-order valence-electron chi connectivity index (χ1n) is 5.41. The number of hydrogen-bond donors (Lipinski definition) is 1. The fourth-order valence-corrected chi connectivity index (χ4v) is 1.89. The summed E-state index contributed by atoms with van der Waals surface area (Å²) in [5.74, 6) is -0.425. The molecule has 0 aliphatic carbocycles. The average Bonchev–Trinajstić information content (AvgIpc) is 2.38. The topological polar surface area (TPSA) is 56.5 Å². The molecule has 5 heteroatoms. The highest BCUT2D eigenvalue weighted by molar-refractivity contribution is 5.52. The molecule has 2 rings (SSSR count). The van der Waals surface area contributed by atoms with Gasteiger partial charge in [-0.2, -0.15) is 5.26 Å². The number of anilines is 1. The van der Waals surface area contributed by atoms with E-state index >= 15 is 0 Å². The average molecular weight is 236 g/mol. The van der Waals surface area contributed by atoms with Gasteiger partial charge in [-0.25, -0.2) is 4.39 Å². The Morgan fingerprint density at radius 2 is 2.35 bits per heavy atom. The van der Waals surface area contributed by atoms with Crippen LogP contribution in [0.1, 0.15) is 5.56 Å². The summed E-state index contributed by atoms with van der Waals surface area (Å²) in [4.78, 5) is 1.91. The summed E-state index contributed by atoms with van der Waals surface area (Å²) in [6.45, 7) is 1.57. The maximum Gasteiger partial charge on any atom is 0.126 e. The summed E-state index contributed by atoms with van der Waals surface area (Å²) in [7, 11) is 0. The van der Waals surface area contributed by atoms with Crippen molar-refractivity contribution in [2.45, 2.75) is 6.10 Å². The molecule has 0 amide bonds. The molecule has 1 saturated heterocycles. The zero-order valence-electron chi connectivity index (χ0n) is 9.27. The molecule has 90 valence electrons. The first-order chi connectivity index (χ1) is 8.22. The number of nitriles is 1. The molecule has 1 fully saturated rings. The van der Waals surface area contributed by atoms with Crippen LogP contribution in [0.4, 0.5) is 10.1 Å². The highest BCUT2D eigenvalue weighted by atomic mass is 19.1. The van der Waals surface area contributed by atoms with Gasteiger partial charge >= 0.3 is 0 Å². The Balaban J connectivity index is 2.21. The summed E-state index contributed by atoms with van der Waals surface area (Å²) in [6, 6.07) is 6.16. The molecule has 1 unspecified atom stereocenters. The number of halogens is 1. The second-order valence-corrected chi connectivity index (χ2v) is 3.93. The molecular formula is C12H13FN2O2. The molecule has 0 radical (unpaired) electrons. The van der Waals surface area contributed by atoms with Crippen LogP contribution < -0.4 is 4.90 Å². The van der Waals surface area contributed by atoms with Crippen molar-refractivity contribution in [3.05, 3.63) is 29.6 Å². The van der Waals surface area contributed by atoms with Crippen LogP contribution in [0.15, 0.2) is 18.2 Å². The Labute approximate surface area is 98.8 Å². The lowest BCUT2D eigenvalue weighted by molar-refractivity contribution is 0.00355. The van der Waals surface area contributed by atoms with Gasteiger partial charge in [0.25, 0.3) is 0 Å². The Bertz CT molecular complexity index is 445. The lowest BCUT2D eigenvalue weighted by atomic mass is 10.1. The van der Waals surface area contributed by atoms with E-state index in [1.807, 2.05) is 11.0 Å². The van der Waals surface area contributed by atoms with Crippen LogP contribution in [0.3, 0.4) is 0 Å². The van der Waals surface area contributed by atoms with E-state index in [0.29, 0.717) is 30.9 Å². The first-order valence-corrected chi connectivity index (χ1v) is 5.41. The van der Waals surface area contributed by atoms with E-state index < -0.39 is 5.82 Å². The minimum atomic E-state index is -0.425. The standard InChI is InChI=1S/C12H13FN2O2/c13-10-3-9(6-14)4-11(5-10)15-1-2-17-12(7-15)8-16/h3-5,12,16H,1-2,7-8H2. The van der Waals surface area contributed by atoms with Crippen molar-refractivity contribution in [2.75, 3.05) is 31.2 Å². The fourth-order valence-electron chi connectivity index (χ4n) is 1.89. The molecule has 0 saturated carbocycles. The third-order valence-electron chi connectivity index (χ3n) is 2.72. The highest BCUT2D eigenvalue weighted by Gasteiger charge is 2.20. The lowest BCUT2D eigenvalue weighted by Crippen LogP contribution is -2.44. The van der Waals surface area contributed by atoms with Crippen LogP contribution in [-0.4, -0.2) is 37.5 Å². The summed E-state index contributed by atoms with van der Waals surface area (Å²) in [5, 5.41) is 17.8. The quantitative estimate of drug-likeness (QED) is 0.828. The van der Waals surface area contributed by atoms with Crippen LogP contribution in [-0.2, 0) is 4.74 Å². The van der Waals surface area contributed by atoms with Gasteiger partial charge in [0, 0.05) is 18.8 Å².